The quantitative estimate of drug-likeness (QED) is 0.737. The molecule has 0 saturated carbocycles. The van der Waals surface area contributed by atoms with Crippen LogP contribution in [0.3, 0.4) is 0 Å². The van der Waals surface area contributed by atoms with Gasteiger partial charge in [-0.3, -0.25) is 0 Å². The number of aromatic amines is 1. The van der Waals surface area contributed by atoms with Gasteiger partial charge in [0.1, 0.15) is 5.75 Å². The van der Waals surface area contributed by atoms with Gasteiger partial charge < -0.3 is 19.9 Å². The zero-order valence-corrected chi connectivity index (χ0v) is 10.3. The molecule has 3 rings (SSSR count). The van der Waals surface area contributed by atoms with Crippen LogP contribution >= 0.6 is 0 Å². The van der Waals surface area contributed by atoms with Gasteiger partial charge >= 0.3 is 0 Å². The standard InChI is InChI=1S/C11H13N5O3/c1-6(11-13-15-16-14-11)12-4-7-2-9-10(3-8(7)17)19-5-18-9/h2-3,6,12,17H,4-5H2,1H3,(H,13,14,15,16). The van der Waals surface area contributed by atoms with E-state index >= 15 is 0 Å². The van der Waals surface area contributed by atoms with Crippen LogP contribution in [0.4, 0.5) is 0 Å². The Morgan fingerprint density at radius 3 is 2.95 bits per heavy atom. The van der Waals surface area contributed by atoms with Crippen LogP contribution in [0.25, 0.3) is 0 Å². The number of fused-ring (bicyclic) bond motifs is 1. The van der Waals surface area contributed by atoms with Crippen LogP contribution in [0, 0.1) is 0 Å². The van der Waals surface area contributed by atoms with Crippen molar-refractivity contribution < 1.29 is 14.6 Å². The first-order chi connectivity index (χ1) is 9.24. The molecule has 2 heterocycles. The van der Waals surface area contributed by atoms with Crippen molar-refractivity contribution in [2.24, 2.45) is 0 Å². The number of hydrogen-bond acceptors (Lipinski definition) is 7. The number of aromatic hydroxyl groups is 1. The van der Waals surface area contributed by atoms with Crippen LogP contribution in [0.2, 0.25) is 0 Å². The van der Waals surface area contributed by atoms with E-state index < -0.39 is 0 Å². The van der Waals surface area contributed by atoms with Gasteiger partial charge in [-0.15, -0.1) is 10.2 Å². The monoisotopic (exact) mass is 263 g/mol. The molecule has 1 aromatic heterocycles. The van der Waals surface area contributed by atoms with Crippen LogP contribution < -0.4 is 14.8 Å². The van der Waals surface area contributed by atoms with Crippen LogP contribution in [-0.4, -0.2) is 32.5 Å². The molecule has 100 valence electrons. The molecule has 1 atom stereocenters. The van der Waals surface area contributed by atoms with Gasteiger partial charge in [-0.05, 0) is 13.0 Å². The second-order valence-corrected chi connectivity index (χ2v) is 4.21. The van der Waals surface area contributed by atoms with Crippen molar-refractivity contribution in [2.45, 2.75) is 19.5 Å². The molecule has 1 aromatic carbocycles. The number of nitrogens with zero attached hydrogens (tertiary/aromatic N) is 3. The molecule has 1 unspecified atom stereocenters. The van der Waals surface area contributed by atoms with Crippen LogP contribution in [0.5, 0.6) is 17.2 Å². The highest BCUT2D eigenvalue weighted by Crippen LogP contribution is 2.37. The maximum atomic E-state index is 9.89. The molecule has 2 aromatic rings. The summed E-state index contributed by atoms with van der Waals surface area (Å²) < 4.78 is 10.5. The first-order valence-electron chi connectivity index (χ1n) is 5.82. The Labute approximate surface area is 108 Å². The molecule has 0 spiro atoms. The summed E-state index contributed by atoms with van der Waals surface area (Å²) in [6.07, 6.45) is 0. The van der Waals surface area contributed by atoms with Crippen molar-refractivity contribution in [3.05, 3.63) is 23.5 Å². The summed E-state index contributed by atoms with van der Waals surface area (Å²) >= 11 is 0. The normalized spacial score (nSPS) is 14.6. The van der Waals surface area contributed by atoms with Gasteiger partial charge in [0.05, 0.1) is 6.04 Å². The third kappa shape index (κ3) is 2.29. The van der Waals surface area contributed by atoms with Crippen molar-refractivity contribution in [2.75, 3.05) is 6.79 Å². The highest BCUT2D eigenvalue weighted by molar-refractivity contribution is 5.51. The van der Waals surface area contributed by atoms with Gasteiger partial charge in [0.25, 0.3) is 0 Å². The predicted octanol–water partition coefficient (Wildman–Crippen LogP) is 0.485. The maximum Gasteiger partial charge on any atom is 0.231 e. The van der Waals surface area contributed by atoms with E-state index in [1.165, 1.54) is 0 Å². The van der Waals surface area contributed by atoms with E-state index in [1.807, 2.05) is 6.92 Å². The van der Waals surface area contributed by atoms with Gasteiger partial charge in [-0.25, -0.2) is 0 Å². The highest BCUT2D eigenvalue weighted by atomic mass is 16.7. The molecular weight excluding hydrogens is 250 g/mol. The van der Waals surface area contributed by atoms with Gasteiger partial charge in [0.2, 0.25) is 6.79 Å². The largest absolute Gasteiger partial charge is 0.507 e. The molecule has 0 bridgehead atoms. The zero-order valence-electron chi connectivity index (χ0n) is 10.3. The third-order valence-electron chi connectivity index (χ3n) is 2.92. The average Bonchev–Trinajstić information content (AvgIpc) is 3.06. The molecule has 0 radical (unpaired) electrons. The summed E-state index contributed by atoms with van der Waals surface area (Å²) in [5.74, 6) is 1.94. The summed E-state index contributed by atoms with van der Waals surface area (Å²) in [5.41, 5.74) is 0.722. The SMILES string of the molecule is CC(NCc1cc2c(cc1O)OCO2)c1nn[nH]n1. The smallest absolute Gasteiger partial charge is 0.231 e. The van der Waals surface area contributed by atoms with Crippen molar-refractivity contribution in [3.8, 4) is 17.2 Å². The Morgan fingerprint density at radius 1 is 1.42 bits per heavy atom. The molecule has 8 heteroatoms. The zero-order chi connectivity index (χ0) is 13.2. The number of tetrazole rings is 1. The van der Waals surface area contributed by atoms with Gasteiger partial charge in [0, 0.05) is 18.2 Å². The summed E-state index contributed by atoms with van der Waals surface area (Å²) in [7, 11) is 0. The van der Waals surface area contributed by atoms with E-state index in [0.29, 0.717) is 23.9 Å². The predicted molar refractivity (Wildman–Crippen MR) is 63.7 cm³/mol. The van der Waals surface area contributed by atoms with E-state index in [0.717, 1.165) is 5.56 Å². The van der Waals surface area contributed by atoms with Crippen molar-refractivity contribution in [1.29, 1.82) is 0 Å². The Bertz CT molecular complexity index is 572. The Hall–Kier alpha value is -2.35. The van der Waals surface area contributed by atoms with Crippen molar-refractivity contribution >= 4 is 0 Å². The fourth-order valence-electron chi connectivity index (χ4n) is 1.82. The fourth-order valence-corrected chi connectivity index (χ4v) is 1.82. The number of phenolic OH excluding ortho intramolecular Hbond substituents is 1. The summed E-state index contributed by atoms with van der Waals surface area (Å²) in [5, 5.41) is 26.8. The molecule has 19 heavy (non-hydrogen) atoms. The second-order valence-electron chi connectivity index (χ2n) is 4.21. The molecule has 3 N–H and O–H groups in total. The van der Waals surface area contributed by atoms with E-state index in [4.69, 9.17) is 9.47 Å². The van der Waals surface area contributed by atoms with Crippen LogP contribution in [-0.2, 0) is 6.54 Å². The average molecular weight is 263 g/mol. The molecule has 0 saturated heterocycles. The van der Waals surface area contributed by atoms with Crippen LogP contribution in [0.1, 0.15) is 24.4 Å². The lowest BCUT2D eigenvalue weighted by Crippen LogP contribution is -2.19. The highest BCUT2D eigenvalue weighted by Gasteiger charge is 2.17. The maximum absolute atomic E-state index is 9.89. The van der Waals surface area contributed by atoms with E-state index in [1.54, 1.807) is 12.1 Å². The Morgan fingerprint density at radius 2 is 2.21 bits per heavy atom. The Balaban J connectivity index is 1.70. The number of H-pyrrole nitrogens is 1. The second kappa shape index (κ2) is 4.73. The number of aromatic nitrogens is 4. The Kier molecular flexibility index (Phi) is 2.92. The number of hydrogen-bond donors (Lipinski definition) is 3. The molecule has 1 aliphatic rings. The lowest BCUT2D eigenvalue weighted by atomic mass is 10.1. The molecule has 8 nitrogen and oxygen atoms in total. The van der Waals surface area contributed by atoms with Crippen LogP contribution in [0.15, 0.2) is 12.1 Å². The van der Waals surface area contributed by atoms with Gasteiger partial charge in [-0.2, -0.15) is 5.21 Å². The summed E-state index contributed by atoms with van der Waals surface area (Å²) in [6, 6.07) is 3.23. The number of ether oxygens (including phenoxy) is 2. The lowest BCUT2D eigenvalue weighted by molar-refractivity contribution is 0.174. The van der Waals surface area contributed by atoms with E-state index in [-0.39, 0.29) is 18.6 Å². The molecule has 1 aliphatic heterocycles. The minimum absolute atomic E-state index is 0.0800. The summed E-state index contributed by atoms with van der Waals surface area (Å²) in [6.45, 7) is 2.55. The van der Waals surface area contributed by atoms with Crippen molar-refractivity contribution in [3.63, 3.8) is 0 Å². The minimum Gasteiger partial charge on any atom is -0.507 e. The first-order valence-corrected chi connectivity index (χ1v) is 5.82. The minimum atomic E-state index is -0.0800. The molecule has 0 fully saturated rings. The van der Waals surface area contributed by atoms with Gasteiger partial charge in [0.15, 0.2) is 17.3 Å². The van der Waals surface area contributed by atoms with E-state index in [9.17, 15) is 5.11 Å². The molecular formula is C11H13N5O3. The molecule has 0 amide bonds. The first kappa shape index (κ1) is 11.7. The topological polar surface area (TPSA) is 105 Å². The fraction of sp³-hybridized carbons (Fsp3) is 0.364. The third-order valence-corrected chi connectivity index (χ3v) is 2.92. The summed E-state index contributed by atoms with van der Waals surface area (Å²) in [4.78, 5) is 0. The van der Waals surface area contributed by atoms with E-state index in [2.05, 4.69) is 25.9 Å². The lowest BCUT2D eigenvalue weighted by Gasteiger charge is -2.11. The number of phenols is 1. The van der Waals surface area contributed by atoms with Gasteiger partial charge in [-0.1, -0.05) is 5.21 Å². The number of nitrogens with one attached hydrogen (secondary N) is 2. The van der Waals surface area contributed by atoms with Crippen molar-refractivity contribution in [1.82, 2.24) is 25.9 Å². The number of benzene rings is 1. The number of rotatable bonds is 4. The molecule has 0 aliphatic carbocycles.